The molecular formula is C29H54O4. The van der Waals surface area contributed by atoms with Crippen LogP contribution in [0.1, 0.15) is 155 Å². The number of carboxylic acids is 1. The van der Waals surface area contributed by atoms with Crippen molar-refractivity contribution >= 4 is 11.8 Å². The largest absolute Gasteiger partial charge is 0.481 e. The lowest BCUT2D eigenvalue weighted by molar-refractivity contribution is -0.137. The molecule has 0 spiro atoms. The second-order valence-electron chi connectivity index (χ2n) is 9.92. The third-order valence-electron chi connectivity index (χ3n) is 6.59. The SMILES string of the molecule is C=C(CCCCCCCCCCCCCCCCCCCC(=O)O)C(O)CC(=O)CCCC. The van der Waals surface area contributed by atoms with E-state index in [9.17, 15) is 14.7 Å². The van der Waals surface area contributed by atoms with Crippen LogP contribution >= 0.6 is 0 Å². The maximum Gasteiger partial charge on any atom is 0.303 e. The number of aliphatic hydroxyl groups is 1. The van der Waals surface area contributed by atoms with E-state index in [4.69, 9.17) is 5.11 Å². The summed E-state index contributed by atoms with van der Waals surface area (Å²) in [6.45, 7) is 6.06. The summed E-state index contributed by atoms with van der Waals surface area (Å²) in [5.41, 5.74) is 0.829. The van der Waals surface area contributed by atoms with E-state index in [1.54, 1.807) is 0 Å². The molecule has 0 saturated heterocycles. The van der Waals surface area contributed by atoms with Gasteiger partial charge in [-0.05, 0) is 31.3 Å². The van der Waals surface area contributed by atoms with Gasteiger partial charge in [0, 0.05) is 19.3 Å². The molecule has 2 N–H and O–H groups in total. The van der Waals surface area contributed by atoms with Crippen molar-refractivity contribution in [2.45, 2.75) is 161 Å². The molecule has 1 unspecified atom stereocenters. The van der Waals surface area contributed by atoms with Crippen molar-refractivity contribution < 1.29 is 19.8 Å². The second kappa shape index (κ2) is 24.0. The summed E-state index contributed by atoms with van der Waals surface area (Å²) in [6, 6.07) is 0. The first-order chi connectivity index (χ1) is 16.0. The zero-order valence-corrected chi connectivity index (χ0v) is 21.8. The maximum atomic E-state index is 11.8. The predicted octanol–water partition coefficient (Wildman–Crippen LogP) is 8.55. The van der Waals surface area contributed by atoms with E-state index in [1.165, 1.54) is 89.9 Å². The predicted molar refractivity (Wildman–Crippen MR) is 140 cm³/mol. The molecule has 0 amide bonds. The molecule has 194 valence electrons. The molecule has 0 aromatic rings. The summed E-state index contributed by atoms with van der Waals surface area (Å²) in [7, 11) is 0. The second-order valence-corrected chi connectivity index (χ2v) is 9.92. The lowest BCUT2D eigenvalue weighted by atomic mass is 9.98. The van der Waals surface area contributed by atoms with Crippen LogP contribution in [0.15, 0.2) is 12.2 Å². The normalized spacial score (nSPS) is 12.1. The van der Waals surface area contributed by atoms with Gasteiger partial charge in [0.2, 0.25) is 0 Å². The molecule has 0 saturated carbocycles. The van der Waals surface area contributed by atoms with Crippen LogP contribution in [-0.4, -0.2) is 28.1 Å². The van der Waals surface area contributed by atoms with Crippen molar-refractivity contribution in [1.29, 1.82) is 0 Å². The molecule has 1 atom stereocenters. The van der Waals surface area contributed by atoms with Crippen LogP contribution in [0.2, 0.25) is 0 Å². The number of hydrogen-bond acceptors (Lipinski definition) is 3. The zero-order valence-electron chi connectivity index (χ0n) is 21.8. The highest BCUT2D eigenvalue weighted by atomic mass is 16.4. The number of aliphatic hydroxyl groups excluding tert-OH is 1. The maximum absolute atomic E-state index is 11.8. The van der Waals surface area contributed by atoms with E-state index < -0.39 is 12.1 Å². The van der Waals surface area contributed by atoms with Crippen LogP contribution in [0.25, 0.3) is 0 Å². The molecule has 0 aliphatic rings. The van der Waals surface area contributed by atoms with Gasteiger partial charge in [0.15, 0.2) is 0 Å². The minimum absolute atomic E-state index is 0.159. The van der Waals surface area contributed by atoms with E-state index in [2.05, 4.69) is 13.5 Å². The Morgan fingerprint density at radius 2 is 0.970 bits per heavy atom. The number of carbonyl (C=O) groups is 2. The molecule has 0 fully saturated rings. The number of carbonyl (C=O) groups excluding carboxylic acids is 1. The summed E-state index contributed by atoms with van der Waals surface area (Å²) in [4.78, 5) is 22.2. The van der Waals surface area contributed by atoms with E-state index in [-0.39, 0.29) is 12.2 Å². The van der Waals surface area contributed by atoms with Crippen molar-refractivity contribution in [1.82, 2.24) is 0 Å². The number of ketones is 1. The molecule has 4 heteroatoms. The van der Waals surface area contributed by atoms with E-state index in [0.717, 1.165) is 44.1 Å². The lowest BCUT2D eigenvalue weighted by Gasteiger charge is -2.13. The molecule has 0 aromatic carbocycles. The Bertz CT molecular complexity index is 486. The number of hydrogen-bond donors (Lipinski definition) is 2. The third-order valence-corrected chi connectivity index (χ3v) is 6.59. The van der Waals surface area contributed by atoms with E-state index in [1.807, 2.05) is 0 Å². The Morgan fingerprint density at radius 1 is 0.606 bits per heavy atom. The van der Waals surface area contributed by atoms with Crippen LogP contribution in [0.5, 0.6) is 0 Å². The van der Waals surface area contributed by atoms with Gasteiger partial charge in [0.25, 0.3) is 0 Å². The highest BCUT2D eigenvalue weighted by Crippen LogP contribution is 2.17. The van der Waals surface area contributed by atoms with Crippen molar-refractivity contribution in [2.24, 2.45) is 0 Å². The third kappa shape index (κ3) is 23.8. The molecule has 0 bridgehead atoms. The molecule has 4 nitrogen and oxygen atoms in total. The minimum Gasteiger partial charge on any atom is -0.481 e. The molecule has 0 heterocycles. The lowest BCUT2D eigenvalue weighted by Crippen LogP contribution is -2.15. The van der Waals surface area contributed by atoms with Crippen molar-refractivity contribution in [3.05, 3.63) is 12.2 Å². The molecule has 0 radical (unpaired) electrons. The van der Waals surface area contributed by atoms with Gasteiger partial charge in [0.1, 0.15) is 5.78 Å². The first-order valence-electron chi connectivity index (χ1n) is 14.1. The van der Waals surface area contributed by atoms with Crippen molar-refractivity contribution in [3.8, 4) is 0 Å². The van der Waals surface area contributed by atoms with Crippen LogP contribution < -0.4 is 0 Å². The highest BCUT2D eigenvalue weighted by molar-refractivity contribution is 5.79. The average Bonchev–Trinajstić information content (AvgIpc) is 2.78. The van der Waals surface area contributed by atoms with Crippen molar-refractivity contribution in [2.75, 3.05) is 0 Å². The van der Waals surface area contributed by atoms with Gasteiger partial charge < -0.3 is 10.2 Å². The van der Waals surface area contributed by atoms with E-state index in [0.29, 0.717) is 12.8 Å². The number of Topliss-reactive ketones (excluding diaryl/α,β-unsaturated/α-hetero) is 1. The average molecular weight is 467 g/mol. The first kappa shape index (κ1) is 31.8. The molecule has 0 rings (SSSR count). The molecule has 0 aliphatic carbocycles. The molecule has 33 heavy (non-hydrogen) atoms. The zero-order chi connectivity index (χ0) is 24.6. The summed E-state index contributed by atoms with van der Waals surface area (Å²) in [6.07, 6.45) is 24.5. The van der Waals surface area contributed by atoms with Crippen LogP contribution in [0.3, 0.4) is 0 Å². The number of unbranched alkanes of at least 4 members (excludes halogenated alkanes) is 17. The first-order valence-corrected chi connectivity index (χ1v) is 14.1. The summed E-state index contributed by atoms with van der Waals surface area (Å²) < 4.78 is 0. The Labute approximate surface area is 204 Å². The van der Waals surface area contributed by atoms with Gasteiger partial charge in [-0.3, -0.25) is 9.59 Å². The number of rotatable bonds is 26. The topological polar surface area (TPSA) is 74.6 Å². The Hall–Kier alpha value is -1.16. The fourth-order valence-electron chi connectivity index (χ4n) is 4.28. The fourth-order valence-corrected chi connectivity index (χ4v) is 4.28. The fraction of sp³-hybridized carbons (Fsp3) is 0.862. The highest BCUT2D eigenvalue weighted by Gasteiger charge is 2.13. The summed E-state index contributed by atoms with van der Waals surface area (Å²) >= 11 is 0. The van der Waals surface area contributed by atoms with Crippen LogP contribution in [-0.2, 0) is 9.59 Å². The van der Waals surface area contributed by atoms with Gasteiger partial charge in [-0.1, -0.05) is 116 Å². The van der Waals surface area contributed by atoms with Gasteiger partial charge in [-0.25, -0.2) is 0 Å². The van der Waals surface area contributed by atoms with Crippen LogP contribution in [0.4, 0.5) is 0 Å². The van der Waals surface area contributed by atoms with Gasteiger partial charge in [0.05, 0.1) is 6.10 Å². The van der Waals surface area contributed by atoms with Crippen molar-refractivity contribution in [3.63, 3.8) is 0 Å². The van der Waals surface area contributed by atoms with E-state index >= 15 is 0 Å². The number of aliphatic carboxylic acids is 1. The Kier molecular flexibility index (Phi) is 23.1. The Morgan fingerprint density at radius 3 is 1.33 bits per heavy atom. The van der Waals surface area contributed by atoms with Gasteiger partial charge in [-0.15, -0.1) is 0 Å². The smallest absolute Gasteiger partial charge is 0.303 e. The Balaban J connectivity index is 3.28. The standard InChI is InChI=1S/C29H54O4/c1-3-4-23-27(30)25-28(31)26(2)22-20-18-16-14-12-10-8-6-5-7-9-11-13-15-17-19-21-24-29(32)33/h28,31H,2-25H2,1H3,(H,32,33). The molecule has 0 aliphatic heterocycles. The summed E-state index contributed by atoms with van der Waals surface area (Å²) in [5.74, 6) is -0.509. The monoisotopic (exact) mass is 466 g/mol. The quantitative estimate of drug-likeness (QED) is 0.0989. The van der Waals surface area contributed by atoms with Crippen LogP contribution in [0, 0.1) is 0 Å². The molecule has 0 aromatic heterocycles. The number of carboxylic acid groups (broad SMARTS) is 1. The summed E-state index contributed by atoms with van der Waals surface area (Å²) in [5, 5.41) is 18.7. The molecular weight excluding hydrogens is 412 g/mol. The van der Waals surface area contributed by atoms with Gasteiger partial charge in [-0.2, -0.15) is 0 Å². The van der Waals surface area contributed by atoms with Gasteiger partial charge >= 0.3 is 5.97 Å². The minimum atomic E-state index is -0.669.